The highest BCUT2D eigenvalue weighted by Gasteiger charge is 2.33. The maximum absolute atomic E-state index is 12.5. The number of rotatable bonds is 4. The Labute approximate surface area is 93.7 Å². The van der Waals surface area contributed by atoms with Crippen LogP contribution in [-0.2, 0) is 11.0 Å². The second kappa shape index (κ2) is 5.20. The topological polar surface area (TPSA) is 50.2 Å². The number of pyridine rings is 1. The Hall–Kier alpha value is -1.24. The van der Waals surface area contributed by atoms with Crippen molar-refractivity contribution in [1.29, 1.82) is 0 Å². The van der Waals surface area contributed by atoms with Gasteiger partial charge in [-0.2, -0.15) is 13.2 Å². The van der Waals surface area contributed by atoms with E-state index in [-0.39, 0.29) is 17.2 Å². The molecule has 0 fully saturated rings. The van der Waals surface area contributed by atoms with Crippen LogP contribution in [0, 0.1) is 0 Å². The van der Waals surface area contributed by atoms with E-state index in [0.717, 1.165) is 17.8 Å². The van der Waals surface area contributed by atoms with E-state index >= 15 is 0 Å². The van der Waals surface area contributed by atoms with E-state index in [2.05, 4.69) is 4.98 Å². The van der Waals surface area contributed by atoms with E-state index in [0.29, 0.717) is 0 Å². The van der Waals surface area contributed by atoms with Crippen LogP contribution in [0.5, 0.6) is 0 Å². The highest BCUT2D eigenvalue weighted by molar-refractivity contribution is 7.99. The first kappa shape index (κ1) is 12.8. The maximum atomic E-state index is 12.5. The van der Waals surface area contributed by atoms with Crippen molar-refractivity contribution in [3.8, 4) is 0 Å². The summed E-state index contributed by atoms with van der Waals surface area (Å²) < 4.78 is 37.4. The van der Waals surface area contributed by atoms with E-state index in [1.54, 1.807) is 0 Å². The lowest BCUT2D eigenvalue weighted by Crippen LogP contribution is -2.08. The monoisotopic (exact) mass is 251 g/mol. The van der Waals surface area contributed by atoms with Crippen LogP contribution in [-0.4, -0.2) is 21.8 Å². The molecule has 0 aliphatic heterocycles. The summed E-state index contributed by atoms with van der Waals surface area (Å²) in [5, 5.41) is 8.18. The summed E-state index contributed by atoms with van der Waals surface area (Å²) in [4.78, 5) is 13.8. The van der Waals surface area contributed by atoms with Crippen molar-refractivity contribution >= 4 is 17.7 Å². The van der Waals surface area contributed by atoms with Gasteiger partial charge in [-0.15, -0.1) is 11.8 Å². The average molecular weight is 251 g/mol. The summed E-state index contributed by atoms with van der Waals surface area (Å²) in [6, 6.07) is 2.13. The van der Waals surface area contributed by atoms with Crippen molar-refractivity contribution in [2.75, 3.05) is 5.75 Å². The fraction of sp³-hybridized carbons (Fsp3) is 0.333. The van der Waals surface area contributed by atoms with Gasteiger partial charge in [-0.3, -0.25) is 4.79 Å². The standard InChI is InChI=1S/C9H8F3NO2S/c10-9(11,12)6-2-1-4-13-8(6)16-5-3-7(14)15/h1-2,4H,3,5H2,(H,14,15). The number of hydrogen-bond donors (Lipinski definition) is 1. The quantitative estimate of drug-likeness (QED) is 0.836. The van der Waals surface area contributed by atoms with Crippen LogP contribution >= 0.6 is 11.8 Å². The van der Waals surface area contributed by atoms with Gasteiger partial charge in [-0.25, -0.2) is 4.98 Å². The third-order valence-electron chi connectivity index (χ3n) is 1.63. The Morgan fingerprint density at radius 3 is 2.75 bits per heavy atom. The molecule has 0 spiro atoms. The Morgan fingerprint density at radius 1 is 1.50 bits per heavy atom. The van der Waals surface area contributed by atoms with Crippen molar-refractivity contribution in [3.63, 3.8) is 0 Å². The summed E-state index contributed by atoms with van der Waals surface area (Å²) in [6.45, 7) is 0. The zero-order valence-electron chi connectivity index (χ0n) is 7.99. The average Bonchev–Trinajstić information content (AvgIpc) is 2.16. The molecular weight excluding hydrogens is 243 g/mol. The van der Waals surface area contributed by atoms with Gasteiger partial charge in [0, 0.05) is 11.9 Å². The molecule has 3 nitrogen and oxygen atoms in total. The summed E-state index contributed by atoms with van der Waals surface area (Å²) in [5.74, 6) is -0.980. The second-order valence-corrected chi connectivity index (χ2v) is 3.93. The van der Waals surface area contributed by atoms with Gasteiger partial charge in [0.15, 0.2) is 0 Å². The number of halogens is 3. The Bertz CT molecular complexity index is 381. The molecular formula is C9H8F3NO2S. The summed E-state index contributed by atoms with van der Waals surface area (Å²) in [7, 11) is 0. The van der Waals surface area contributed by atoms with Gasteiger partial charge < -0.3 is 5.11 Å². The van der Waals surface area contributed by atoms with E-state index < -0.39 is 17.7 Å². The Morgan fingerprint density at radius 2 is 2.19 bits per heavy atom. The lowest BCUT2D eigenvalue weighted by Gasteiger charge is -2.10. The number of carboxylic acids is 1. The predicted molar refractivity (Wildman–Crippen MR) is 52.2 cm³/mol. The molecule has 1 rings (SSSR count). The van der Waals surface area contributed by atoms with Gasteiger partial charge in [0.2, 0.25) is 0 Å². The zero-order valence-corrected chi connectivity index (χ0v) is 8.81. The molecule has 0 radical (unpaired) electrons. The minimum Gasteiger partial charge on any atom is -0.481 e. The molecule has 1 aromatic rings. The second-order valence-electron chi connectivity index (χ2n) is 2.85. The number of alkyl halides is 3. The van der Waals surface area contributed by atoms with E-state index in [9.17, 15) is 18.0 Å². The molecule has 16 heavy (non-hydrogen) atoms. The molecule has 0 atom stereocenters. The summed E-state index contributed by atoms with van der Waals surface area (Å²) in [5.41, 5.74) is -0.828. The zero-order chi connectivity index (χ0) is 12.2. The third kappa shape index (κ3) is 3.73. The highest BCUT2D eigenvalue weighted by Crippen LogP contribution is 2.35. The smallest absolute Gasteiger partial charge is 0.419 e. The largest absolute Gasteiger partial charge is 0.481 e. The first-order valence-electron chi connectivity index (χ1n) is 4.28. The molecule has 0 saturated heterocycles. The predicted octanol–water partition coefficient (Wildman–Crippen LogP) is 2.67. The molecule has 0 aromatic carbocycles. The lowest BCUT2D eigenvalue weighted by atomic mass is 10.3. The molecule has 1 heterocycles. The first-order valence-corrected chi connectivity index (χ1v) is 5.26. The van der Waals surface area contributed by atoms with Gasteiger partial charge in [0.25, 0.3) is 0 Å². The molecule has 1 aromatic heterocycles. The summed E-state index contributed by atoms with van der Waals surface area (Å²) >= 11 is 0.790. The molecule has 7 heteroatoms. The van der Waals surface area contributed by atoms with Crippen LogP contribution in [0.15, 0.2) is 23.4 Å². The molecule has 0 bridgehead atoms. The van der Waals surface area contributed by atoms with Crippen molar-refractivity contribution < 1.29 is 23.1 Å². The van der Waals surface area contributed by atoms with Gasteiger partial charge in [0.1, 0.15) is 5.03 Å². The van der Waals surface area contributed by atoms with Gasteiger partial charge in [-0.1, -0.05) is 0 Å². The van der Waals surface area contributed by atoms with Crippen LogP contribution in [0.2, 0.25) is 0 Å². The molecule has 0 amide bonds. The van der Waals surface area contributed by atoms with Crippen LogP contribution in [0.1, 0.15) is 12.0 Å². The molecule has 1 N–H and O–H groups in total. The minimum absolute atomic E-state index is 0.0649. The number of nitrogens with zero attached hydrogens (tertiary/aromatic N) is 1. The minimum atomic E-state index is -4.46. The Balaban J connectivity index is 2.76. The van der Waals surface area contributed by atoms with Crippen molar-refractivity contribution in [3.05, 3.63) is 23.9 Å². The van der Waals surface area contributed by atoms with Crippen LogP contribution in [0.4, 0.5) is 13.2 Å². The van der Waals surface area contributed by atoms with Crippen LogP contribution < -0.4 is 0 Å². The van der Waals surface area contributed by atoms with E-state index in [4.69, 9.17) is 5.11 Å². The molecule has 88 valence electrons. The molecule has 0 aliphatic rings. The van der Waals surface area contributed by atoms with Crippen LogP contribution in [0.25, 0.3) is 0 Å². The van der Waals surface area contributed by atoms with Crippen LogP contribution in [0.3, 0.4) is 0 Å². The van der Waals surface area contributed by atoms with Crippen molar-refractivity contribution in [2.24, 2.45) is 0 Å². The summed E-state index contributed by atoms with van der Waals surface area (Å²) in [6.07, 6.45) is -3.41. The normalized spacial score (nSPS) is 11.4. The number of aliphatic carboxylic acids is 1. The molecule has 0 saturated carbocycles. The molecule has 0 aliphatic carbocycles. The number of aromatic nitrogens is 1. The van der Waals surface area contributed by atoms with Crippen molar-refractivity contribution in [2.45, 2.75) is 17.6 Å². The lowest BCUT2D eigenvalue weighted by molar-refractivity contribution is -0.140. The van der Waals surface area contributed by atoms with Gasteiger partial charge in [0.05, 0.1) is 12.0 Å². The highest BCUT2D eigenvalue weighted by atomic mass is 32.2. The fourth-order valence-corrected chi connectivity index (χ4v) is 1.90. The number of thioether (sulfide) groups is 1. The Kier molecular flexibility index (Phi) is 4.17. The number of carbonyl (C=O) groups is 1. The number of carboxylic acid groups (broad SMARTS) is 1. The fourth-order valence-electron chi connectivity index (χ4n) is 0.957. The van der Waals surface area contributed by atoms with E-state index in [1.807, 2.05) is 0 Å². The maximum Gasteiger partial charge on any atom is 0.419 e. The third-order valence-corrected chi connectivity index (χ3v) is 2.64. The molecule has 0 unspecified atom stereocenters. The number of hydrogen-bond acceptors (Lipinski definition) is 3. The SMILES string of the molecule is O=C(O)CCSc1ncccc1C(F)(F)F. The van der Waals surface area contributed by atoms with Gasteiger partial charge >= 0.3 is 12.1 Å². The van der Waals surface area contributed by atoms with E-state index in [1.165, 1.54) is 12.3 Å². The first-order chi connectivity index (χ1) is 7.41. The van der Waals surface area contributed by atoms with Crippen molar-refractivity contribution in [1.82, 2.24) is 4.98 Å². The van der Waals surface area contributed by atoms with Gasteiger partial charge in [-0.05, 0) is 12.1 Å².